The number of nitrogens with two attached hydrogens (primary N) is 2. The Balaban J connectivity index is 0.000000302. The van der Waals surface area contributed by atoms with Crippen molar-refractivity contribution < 1.29 is 24.6 Å². The van der Waals surface area contributed by atoms with Crippen LogP contribution < -0.4 is 16.8 Å². The van der Waals surface area contributed by atoms with Crippen LogP contribution in [-0.4, -0.2) is 46.7 Å². The quantitative estimate of drug-likeness (QED) is 0.388. The molecule has 1 aliphatic heterocycles. The molecule has 1 aliphatic rings. The molecule has 1 saturated heterocycles. The molecule has 0 spiro atoms. The first-order chi connectivity index (χ1) is 7.84. The molecule has 0 bridgehead atoms. The standard InChI is InChI=1S/C5H9NO2.C4H8N2O3/c7-5(8)4-2-1-3-6-4;5-2(4(8)9)1-3(6)7/h4,6H,1-3H2,(H,7,8);2H,1,5H2,(H2,6,7)(H,8,9)/t4-;/m0./s1. The Morgan fingerprint density at radius 2 is 1.94 bits per heavy atom. The topological polar surface area (TPSA) is 156 Å². The normalized spacial score (nSPS) is 19.9. The molecule has 1 rings (SSSR count). The molecule has 8 nitrogen and oxygen atoms in total. The van der Waals surface area contributed by atoms with Crippen LogP contribution in [0.3, 0.4) is 0 Å². The summed E-state index contributed by atoms with van der Waals surface area (Å²) in [7, 11) is 0. The predicted octanol–water partition coefficient (Wildman–Crippen LogP) is -1.90. The van der Waals surface area contributed by atoms with Crippen LogP contribution in [0.15, 0.2) is 0 Å². The van der Waals surface area contributed by atoms with E-state index in [4.69, 9.17) is 15.9 Å². The van der Waals surface area contributed by atoms with Crippen LogP contribution in [0.4, 0.5) is 0 Å². The van der Waals surface area contributed by atoms with Gasteiger partial charge >= 0.3 is 11.9 Å². The van der Waals surface area contributed by atoms with Crippen molar-refractivity contribution in [2.24, 2.45) is 11.5 Å². The largest absolute Gasteiger partial charge is 0.480 e. The Bertz CT molecular complexity index is 288. The van der Waals surface area contributed by atoms with E-state index >= 15 is 0 Å². The molecule has 0 aromatic carbocycles. The van der Waals surface area contributed by atoms with Gasteiger partial charge in [0.05, 0.1) is 6.42 Å². The Morgan fingerprint density at radius 3 is 2.12 bits per heavy atom. The second-order valence-corrected chi connectivity index (χ2v) is 3.60. The average Bonchev–Trinajstić information content (AvgIpc) is 2.69. The molecular weight excluding hydrogens is 230 g/mol. The maximum Gasteiger partial charge on any atom is 0.321 e. The van der Waals surface area contributed by atoms with Gasteiger partial charge in [0.15, 0.2) is 0 Å². The van der Waals surface area contributed by atoms with Crippen LogP contribution >= 0.6 is 0 Å². The second-order valence-electron chi connectivity index (χ2n) is 3.60. The van der Waals surface area contributed by atoms with Gasteiger partial charge in [-0.3, -0.25) is 14.4 Å². The van der Waals surface area contributed by atoms with E-state index in [2.05, 4.69) is 11.1 Å². The third-order valence-corrected chi connectivity index (χ3v) is 2.10. The fraction of sp³-hybridized carbons (Fsp3) is 0.667. The highest BCUT2D eigenvalue weighted by atomic mass is 16.4. The molecule has 1 heterocycles. The molecule has 1 unspecified atom stereocenters. The summed E-state index contributed by atoms with van der Waals surface area (Å²) in [6.07, 6.45) is 1.47. The summed E-state index contributed by atoms with van der Waals surface area (Å²) < 4.78 is 0. The second kappa shape index (κ2) is 7.58. The Kier molecular flexibility index (Phi) is 6.83. The van der Waals surface area contributed by atoms with Gasteiger partial charge in [-0.1, -0.05) is 0 Å². The van der Waals surface area contributed by atoms with E-state index in [0.29, 0.717) is 0 Å². The van der Waals surface area contributed by atoms with Gasteiger partial charge in [0.25, 0.3) is 0 Å². The highest BCUT2D eigenvalue weighted by Gasteiger charge is 2.20. The van der Waals surface area contributed by atoms with Gasteiger partial charge in [-0.05, 0) is 19.4 Å². The zero-order chi connectivity index (χ0) is 13.4. The van der Waals surface area contributed by atoms with E-state index in [-0.39, 0.29) is 12.5 Å². The molecule has 0 radical (unpaired) electrons. The summed E-state index contributed by atoms with van der Waals surface area (Å²) in [6, 6.07) is -1.43. The number of amides is 1. The number of hydrogen-bond donors (Lipinski definition) is 5. The van der Waals surface area contributed by atoms with Gasteiger partial charge in [-0.2, -0.15) is 0 Å². The van der Waals surface area contributed by atoms with Crippen LogP contribution in [0.25, 0.3) is 0 Å². The molecule has 1 amide bonds. The van der Waals surface area contributed by atoms with E-state index in [0.717, 1.165) is 19.4 Å². The lowest BCUT2D eigenvalue weighted by atomic mass is 10.2. The summed E-state index contributed by atoms with van der Waals surface area (Å²) in [5.74, 6) is -2.64. The number of carboxylic acids is 2. The van der Waals surface area contributed by atoms with Gasteiger partial charge in [0.1, 0.15) is 12.1 Å². The molecule has 17 heavy (non-hydrogen) atoms. The van der Waals surface area contributed by atoms with E-state index in [1.165, 1.54) is 0 Å². The minimum Gasteiger partial charge on any atom is -0.480 e. The summed E-state index contributed by atoms with van der Waals surface area (Å²) in [4.78, 5) is 30.0. The fourth-order valence-electron chi connectivity index (χ4n) is 1.20. The lowest BCUT2D eigenvalue weighted by Crippen LogP contribution is -2.34. The molecule has 0 aromatic heterocycles. The van der Waals surface area contributed by atoms with E-state index in [9.17, 15) is 14.4 Å². The molecule has 0 aliphatic carbocycles. The van der Waals surface area contributed by atoms with Crippen LogP contribution in [0.5, 0.6) is 0 Å². The van der Waals surface area contributed by atoms with E-state index in [1.54, 1.807) is 0 Å². The third-order valence-electron chi connectivity index (χ3n) is 2.10. The number of carbonyl (C=O) groups excluding carboxylic acids is 1. The zero-order valence-corrected chi connectivity index (χ0v) is 9.26. The monoisotopic (exact) mass is 247 g/mol. The maximum atomic E-state index is 10.1. The molecule has 7 N–H and O–H groups in total. The Labute approximate surface area is 98.0 Å². The highest BCUT2D eigenvalue weighted by Crippen LogP contribution is 2.03. The predicted molar refractivity (Wildman–Crippen MR) is 58.1 cm³/mol. The smallest absolute Gasteiger partial charge is 0.321 e. The van der Waals surface area contributed by atoms with E-state index < -0.39 is 23.9 Å². The number of rotatable bonds is 4. The van der Waals surface area contributed by atoms with Gasteiger partial charge in [-0.15, -0.1) is 0 Å². The number of primary amides is 1. The first-order valence-electron chi connectivity index (χ1n) is 5.07. The average molecular weight is 247 g/mol. The number of aliphatic carboxylic acids is 2. The van der Waals surface area contributed by atoms with Crippen LogP contribution in [0, 0.1) is 0 Å². The highest BCUT2D eigenvalue weighted by molar-refractivity contribution is 5.83. The molecule has 98 valence electrons. The lowest BCUT2D eigenvalue weighted by Gasteiger charge is -1.99. The van der Waals surface area contributed by atoms with Crippen LogP contribution in [0.1, 0.15) is 19.3 Å². The van der Waals surface area contributed by atoms with Crippen molar-refractivity contribution in [3.63, 3.8) is 0 Å². The molecule has 8 heteroatoms. The lowest BCUT2D eigenvalue weighted by molar-refractivity contribution is -0.140. The van der Waals surface area contributed by atoms with Crippen molar-refractivity contribution in [1.82, 2.24) is 5.32 Å². The van der Waals surface area contributed by atoms with Gasteiger partial charge in [0, 0.05) is 0 Å². The van der Waals surface area contributed by atoms with Crippen LogP contribution in [0.2, 0.25) is 0 Å². The first kappa shape index (κ1) is 15.3. The van der Waals surface area contributed by atoms with Crippen LogP contribution in [-0.2, 0) is 14.4 Å². The summed E-state index contributed by atoms with van der Waals surface area (Å²) in [5.41, 5.74) is 9.57. The summed E-state index contributed by atoms with van der Waals surface area (Å²) in [6.45, 7) is 0.858. The molecule has 1 fully saturated rings. The minimum absolute atomic E-state index is 0.269. The minimum atomic E-state index is -1.21. The summed E-state index contributed by atoms with van der Waals surface area (Å²) >= 11 is 0. The fourth-order valence-corrected chi connectivity index (χ4v) is 1.20. The van der Waals surface area contributed by atoms with Crippen molar-refractivity contribution >= 4 is 17.8 Å². The van der Waals surface area contributed by atoms with Gasteiger partial charge in [-0.25, -0.2) is 0 Å². The van der Waals surface area contributed by atoms with Crippen molar-refractivity contribution in [1.29, 1.82) is 0 Å². The van der Waals surface area contributed by atoms with Crippen molar-refractivity contribution in [2.75, 3.05) is 6.54 Å². The Hall–Kier alpha value is -1.67. The number of carbonyl (C=O) groups is 3. The van der Waals surface area contributed by atoms with Crippen molar-refractivity contribution in [2.45, 2.75) is 31.3 Å². The number of carboxylic acid groups (broad SMARTS) is 2. The Morgan fingerprint density at radius 1 is 1.35 bits per heavy atom. The summed E-state index contributed by atoms with van der Waals surface area (Å²) in [5, 5.41) is 19.3. The molecule has 0 saturated carbocycles. The number of hydrogen-bond acceptors (Lipinski definition) is 5. The van der Waals surface area contributed by atoms with Gasteiger partial charge in [0.2, 0.25) is 5.91 Å². The maximum absolute atomic E-state index is 10.1. The molecular formula is C9H17N3O5. The zero-order valence-electron chi connectivity index (χ0n) is 9.26. The molecule has 0 aromatic rings. The SMILES string of the molecule is NC(=O)CC(N)C(=O)O.O=C(O)[C@@H]1CCCN1. The van der Waals surface area contributed by atoms with Gasteiger partial charge < -0.3 is 27.0 Å². The molecule has 2 atom stereocenters. The first-order valence-corrected chi connectivity index (χ1v) is 5.07. The van der Waals surface area contributed by atoms with E-state index in [1.807, 2.05) is 0 Å². The third kappa shape index (κ3) is 7.25. The van der Waals surface area contributed by atoms with Crippen molar-refractivity contribution in [3.05, 3.63) is 0 Å². The van der Waals surface area contributed by atoms with Crippen molar-refractivity contribution in [3.8, 4) is 0 Å². The number of nitrogens with one attached hydrogen (secondary N) is 1.